The van der Waals surface area contributed by atoms with E-state index in [1.807, 2.05) is 0 Å². The van der Waals surface area contributed by atoms with Crippen LogP contribution in [0.25, 0.3) is 0 Å². The summed E-state index contributed by atoms with van der Waals surface area (Å²) in [5.74, 6) is 0. The number of nitrogens with zero attached hydrogens (tertiary/aromatic N) is 1. The first-order valence-corrected chi connectivity index (χ1v) is 8.73. The summed E-state index contributed by atoms with van der Waals surface area (Å²) < 4.78 is 0. The lowest BCUT2D eigenvalue weighted by atomic mass is 9.86. The molecule has 20 heavy (non-hydrogen) atoms. The molecule has 1 aromatic rings. The predicted octanol–water partition coefficient (Wildman–Crippen LogP) is 5.12. The van der Waals surface area contributed by atoms with Crippen molar-refractivity contribution in [3.63, 3.8) is 0 Å². The molecule has 0 amide bonds. The fourth-order valence-corrected chi connectivity index (χ4v) is 4.07. The Bertz CT molecular complexity index is 418. The molecule has 1 aliphatic rings. The van der Waals surface area contributed by atoms with Gasteiger partial charge in [-0.15, -0.1) is 0 Å². The Labute approximate surface area is 132 Å². The summed E-state index contributed by atoms with van der Waals surface area (Å²) in [6.07, 6.45) is 5.39. The van der Waals surface area contributed by atoms with Gasteiger partial charge in [0.1, 0.15) is 0 Å². The van der Waals surface area contributed by atoms with E-state index in [0.29, 0.717) is 10.9 Å². The molecule has 2 rings (SSSR count). The molecule has 1 aliphatic carbocycles. The third kappa shape index (κ3) is 4.08. The van der Waals surface area contributed by atoms with Gasteiger partial charge in [0.25, 0.3) is 0 Å². The van der Waals surface area contributed by atoms with Crippen LogP contribution in [0.2, 0.25) is 0 Å². The van der Waals surface area contributed by atoms with Gasteiger partial charge in [-0.05, 0) is 36.4 Å². The maximum Gasteiger partial charge on any atom is 0.0301 e. The zero-order chi connectivity index (χ0) is 14.8. The Morgan fingerprint density at radius 2 is 1.70 bits per heavy atom. The molecule has 0 aromatic heterocycles. The number of hydrogen-bond acceptors (Lipinski definition) is 1. The van der Waals surface area contributed by atoms with Gasteiger partial charge < -0.3 is 0 Å². The van der Waals surface area contributed by atoms with Gasteiger partial charge in [0.05, 0.1) is 0 Å². The van der Waals surface area contributed by atoms with Crippen molar-refractivity contribution in [3.8, 4) is 0 Å². The second kappa shape index (κ2) is 6.62. The Morgan fingerprint density at radius 1 is 1.10 bits per heavy atom. The van der Waals surface area contributed by atoms with E-state index >= 15 is 0 Å². The molecule has 1 saturated carbocycles. The van der Waals surface area contributed by atoms with Crippen molar-refractivity contribution in [1.29, 1.82) is 0 Å². The highest BCUT2D eigenvalue weighted by atomic mass is 79.9. The van der Waals surface area contributed by atoms with E-state index in [9.17, 15) is 0 Å². The molecule has 112 valence electrons. The third-order valence-electron chi connectivity index (χ3n) is 4.47. The summed E-state index contributed by atoms with van der Waals surface area (Å²) in [4.78, 5) is 3.18. The van der Waals surface area contributed by atoms with Crippen LogP contribution in [0, 0.1) is 0 Å². The van der Waals surface area contributed by atoms with Crippen molar-refractivity contribution in [1.82, 2.24) is 4.90 Å². The molecule has 0 saturated heterocycles. The SMILES string of the molecule is CN(Cc1ccc(C(C)(C)C)cc1)C1CCCCC1Br. The van der Waals surface area contributed by atoms with Crippen molar-refractivity contribution >= 4 is 15.9 Å². The van der Waals surface area contributed by atoms with Crippen LogP contribution in [0.1, 0.15) is 57.6 Å². The van der Waals surface area contributed by atoms with Crippen LogP contribution in [-0.4, -0.2) is 22.8 Å². The Hall–Kier alpha value is -0.340. The molecule has 1 aromatic carbocycles. The highest BCUT2D eigenvalue weighted by Gasteiger charge is 2.26. The van der Waals surface area contributed by atoms with Crippen LogP contribution >= 0.6 is 15.9 Å². The lowest BCUT2D eigenvalue weighted by molar-refractivity contribution is 0.193. The Kier molecular flexibility index (Phi) is 5.30. The topological polar surface area (TPSA) is 3.24 Å². The smallest absolute Gasteiger partial charge is 0.0301 e. The minimum absolute atomic E-state index is 0.245. The van der Waals surface area contributed by atoms with Crippen molar-refractivity contribution in [2.45, 2.75) is 69.3 Å². The van der Waals surface area contributed by atoms with Crippen molar-refractivity contribution < 1.29 is 0 Å². The monoisotopic (exact) mass is 337 g/mol. The number of benzene rings is 1. The van der Waals surface area contributed by atoms with Crippen LogP contribution < -0.4 is 0 Å². The van der Waals surface area contributed by atoms with Gasteiger partial charge in [0, 0.05) is 17.4 Å². The highest BCUT2D eigenvalue weighted by Crippen LogP contribution is 2.29. The summed E-state index contributed by atoms with van der Waals surface area (Å²) in [7, 11) is 2.27. The summed E-state index contributed by atoms with van der Waals surface area (Å²) in [5, 5.41) is 0. The van der Waals surface area contributed by atoms with Gasteiger partial charge in [-0.3, -0.25) is 4.90 Å². The molecule has 0 heterocycles. The zero-order valence-corrected chi connectivity index (χ0v) is 14.9. The van der Waals surface area contributed by atoms with Crippen LogP contribution in [0.4, 0.5) is 0 Å². The number of hydrogen-bond donors (Lipinski definition) is 0. The van der Waals surface area contributed by atoms with Crippen LogP contribution in [0.3, 0.4) is 0 Å². The molecule has 0 N–H and O–H groups in total. The molecule has 1 nitrogen and oxygen atoms in total. The quantitative estimate of drug-likeness (QED) is 0.691. The second-order valence-electron chi connectivity index (χ2n) is 7.23. The van der Waals surface area contributed by atoms with Crippen LogP contribution in [-0.2, 0) is 12.0 Å². The molecule has 0 spiro atoms. The first-order valence-electron chi connectivity index (χ1n) is 7.81. The Morgan fingerprint density at radius 3 is 2.25 bits per heavy atom. The van der Waals surface area contributed by atoms with E-state index in [0.717, 1.165) is 6.54 Å². The lowest BCUT2D eigenvalue weighted by Crippen LogP contribution is -2.40. The molecular weight excluding hydrogens is 310 g/mol. The predicted molar refractivity (Wildman–Crippen MR) is 91.6 cm³/mol. The molecule has 0 aliphatic heterocycles. The molecular formula is C18H28BrN. The molecule has 1 fully saturated rings. The van der Waals surface area contributed by atoms with Gasteiger partial charge in [0.2, 0.25) is 0 Å². The molecule has 2 atom stereocenters. The first-order chi connectivity index (χ1) is 9.38. The fraction of sp³-hybridized carbons (Fsp3) is 0.667. The van der Waals surface area contributed by atoms with E-state index in [2.05, 4.69) is 72.9 Å². The number of alkyl halides is 1. The van der Waals surface area contributed by atoms with Crippen molar-refractivity contribution in [2.24, 2.45) is 0 Å². The zero-order valence-electron chi connectivity index (χ0n) is 13.3. The number of halogens is 1. The molecule has 0 bridgehead atoms. The van der Waals surface area contributed by atoms with Gasteiger partial charge in [-0.2, -0.15) is 0 Å². The average Bonchev–Trinajstić information content (AvgIpc) is 2.38. The highest BCUT2D eigenvalue weighted by molar-refractivity contribution is 9.09. The molecule has 2 unspecified atom stereocenters. The Balaban J connectivity index is 1.99. The van der Waals surface area contributed by atoms with Gasteiger partial charge >= 0.3 is 0 Å². The van der Waals surface area contributed by atoms with Gasteiger partial charge in [-0.25, -0.2) is 0 Å². The van der Waals surface area contributed by atoms with E-state index in [1.54, 1.807) is 0 Å². The summed E-state index contributed by atoms with van der Waals surface area (Å²) >= 11 is 3.86. The van der Waals surface area contributed by atoms with E-state index in [4.69, 9.17) is 0 Å². The van der Waals surface area contributed by atoms with Crippen LogP contribution in [0.15, 0.2) is 24.3 Å². The summed E-state index contributed by atoms with van der Waals surface area (Å²) in [6.45, 7) is 7.86. The van der Waals surface area contributed by atoms with Gasteiger partial charge in [-0.1, -0.05) is 73.8 Å². The summed E-state index contributed by atoms with van der Waals surface area (Å²) in [6, 6.07) is 9.85. The standard InChI is InChI=1S/C18H28BrN/c1-18(2,3)15-11-9-14(10-12-15)13-20(4)17-8-6-5-7-16(17)19/h9-12,16-17H,5-8,13H2,1-4H3. The van der Waals surface area contributed by atoms with E-state index < -0.39 is 0 Å². The lowest BCUT2D eigenvalue weighted by Gasteiger charge is -2.35. The van der Waals surface area contributed by atoms with E-state index in [-0.39, 0.29) is 5.41 Å². The minimum Gasteiger partial charge on any atom is -0.298 e. The largest absolute Gasteiger partial charge is 0.298 e. The molecule has 2 heteroatoms. The normalized spacial score (nSPS) is 24.1. The maximum atomic E-state index is 3.86. The van der Waals surface area contributed by atoms with Gasteiger partial charge in [0.15, 0.2) is 0 Å². The minimum atomic E-state index is 0.245. The number of rotatable bonds is 3. The second-order valence-corrected chi connectivity index (χ2v) is 8.41. The van der Waals surface area contributed by atoms with Crippen LogP contribution in [0.5, 0.6) is 0 Å². The summed E-state index contributed by atoms with van der Waals surface area (Å²) in [5.41, 5.74) is 3.08. The fourth-order valence-electron chi connectivity index (χ4n) is 3.08. The third-order valence-corrected chi connectivity index (χ3v) is 5.53. The van der Waals surface area contributed by atoms with E-state index in [1.165, 1.54) is 36.8 Å². The van der Waals surface area contributed by atoms with Crippen molar-refractivity contribution in [3.05, 3.63) is 35.4 Å². The maximum absolute atomic E-state index is 3.86. The molecule has 0 radical (unpaired) electrons. The first kappa shape index (κ1) is 16.0. The van der Waals surface area contributed by atoms with Crippen molar-refractivity contribution in [2.75, 3.05) is 7.05 Å². The average molecular weight is 338 g/mol.